The molecule has 3 aromatic heterocycles. The van der Waals surface area contributed by atoms with Crippen LogP contribution >= 0.6 is 0 Å². The van der Waals surface area contributed by atoms with Crippen molar-refractivity contribution in [3.05, 3.63) is 48.0 Å². The second-order valence-electron chi connectivity index (χ2n) is 10.4. The topological polar surface area (TPSA) is 92.0 Å². The minimum Gasteiger partial charge on any atom is -0.444 e. The maximum absolute atomic E-state index is 14.8. The summed E-state index contributed by atoms with van der Waals surface area (Å²) in [7, 11) is 0. The van der Waals surface area contributed by atoms with Crippen LogP contribution in [0.15, 0.2) is 36.7 Å². The number of anilines is 1. The van der Waals surface area contributed by atoms with Gasteiger partial charge in [0.25, 0.3) is 0 Å². The third-order valence-electron chi connectivity index (χ3n) is 6.23. The van der Waals surface area contributed by atoms with Gasteiger partial charge in [0, 0.05) is 24.8 Å². The molecule has 1 aliphatic rings. The lowest BCUT2D eigenvalue weighted by Gasteiger charge is -2.36. The van der Waals surface area contributed by atoms with E-state index in [2.05, 4.69) is 15.3 Å². The summed E-state index contributed by atoms with van der Waals surface area (Å²) >= 11 is 0. The van der Waals surface area contributed by atoms with E-state index in [1.54, 1.807) is 20.8 Å². The van der Waals surface area contributed by atoms with Gasteiger partial charge in [-0.1, -0.05) is 6.07 Å². The Kier molecular flexibility index (Phi) is 7.02. The van der Waals surface area contributed by atoms with Crippen LogP contribution in [0.5, 0.6) is 0 Å². The predicted octanol–water partition coefficient (Wildman–Crippen LogP) is 5.06. The first-order valence-electron chi connectivity index (χ1n) is 11.9. The molecule has 0 saturated carbocycles. The van der Waals surface area contributed by atoms with Crippen LogP contribution in [0.25, 0.3) is 17.0 Å². The van der Waals surface area contributed by atoms with Crippen LogP contribution in [0.3, 0.4) is 0 Å². The standard InChI is InChI=1S/C25H28F5N5O3/c1-23(2,3)38-22(36)34-10-9-15(26)18(13-34)33-21-16(27)6-7-17(32-21)19-11-31-20-8-5-14(12-35(19)20)24(4,37)25(28,29)30/h5-8,11-12,15,18,37H,9-10,13H2,1-4H3,(H,32,33)/t15-,18-,24?/m0/s1. The minimum atomic E-state index is -4.93. The molecule has 1 saturated heterocycles. The van der Waals surface area contributed by atoms with Gasteiger partial charge >= 0.3 is 12.3 Å². The Bertz CT molecular complexity index is 1340. The number of halogens is 5. The third-order valence-corrected chi connectivity index (χ3v) is 6.23. The lowest BCUT2D eigenvalue weighted by molar-refractivity contribution is -0.259. The third kappa shape index (κ3) is 5.52. The second kappa shape index (κ2) is 9.68. The highest BCUT2D eigenvalue weighted by molar-refractivity contribution is 5.68. The van der Waals surface area contributed by atoms with Crippen molar-refractivity contribution < 1.29 is 36.6 Å². The number of amides is 1. The van der Waals surface area contributed by atoms with Gasteiger partial charge in [-0.05, 0) is 52.3 Å². The number of carbonyl (C=O) groups excluding carboxylic acids is 1. The van der Waals surface area contributed by atoms with E-state index in [4.69, 9.17) is 4.74 Å². The summed E-state index contributed by atoms with van der Waals surface area (Å²) in [4.78, 5) is 22.2. The van der Waals surface area contributed by atoms with Gasteiger partial charge in [-0.3, -0.25) is 4.40 Å². The number of imidazole rings is 1. The van der Waals surface area contributed by atoms with Crippen LogP contribution in [0.4, 0.5) is 32.6 Å². The fourth-order valence-electron chi connectivity index (χ4n) is 4.04. The van der Waals surface area contributed by atoms with Crippen LogP contribution in [0.1, 0.15) is 39.7 Å². The van der Waals surface area contributed by atoms with Gasteiger partial charge in [0.15, 0.2) is 17.2 Å². The molecule has 0 aliphatic carbocycles. The number of hydrogen-bond acceptors (Lipinski definition) is 6. The molecule has 3 atom stereocenters. The van der Waals surface area contributed by atoms with Crippen molar-refractivity contribution in [3.8, 4) is 11.4 Å². The summed E-state index contributed by atoms with van der Waals surface area (Å²) in [5.74, 6) is -1.08. The van der Waals surface area contributed by atoms with E-state index in [9.17, 15) is 31.9 Å². The quantitative estimate of drug-likeness (QED) is 0.449. The monoisotopic (exact) mass is 541 g/mol. The molecule has 0 aromatic carbocycles. The first kappa shape index (κ1) is 27.6. The van der Waals surface area contributed by atoms with Crippen LogP contribution in [0.2, 0.25) is 0 Å². The summed E-state index contributed by atoms with van der Waals surface area (Å²) < 4.78 is 76.2. The first-order valence-corrected chi connectivity index (χ1v) is 11.9. The number of hydrogen-bond donors (Lipinski definition) is 2. The average Bonchev–Trinajstić information content (AvgIpc) is 3.23. The number of nitrogens with one attached hydrogen (secondary N) is 1. The predicted molar refractivity (Wildman–Crippen MR) is 129 cm³/mol. The van der Waals surface area contributed by atoms with Gasteiger partial charge in [-0.25, -0.2) is 23.5 Å². The largest absolute Gasteiger partial charge is 0.444 e. The van der Waals surface area contributed by atoms with Crippen molar-refractivity contribution in [1.29, 1.82) is 0 Å². The molecule has 4 rings (SSSR count). The number of fused-ring (bicyclic) bond motifs is 1. The highest BCUT2D eigenvalue weighted by atomic mass is 19.4. The number of aromatic nitrogens is 3. The van der Waals surface area contributed by atoms with Gasteiger partial charge in [-0.15, -0.1) is 0 Å². The molecule has 0 bridgehead atoms. The molecule has 1 unspecified atom stereocenters. The van der Waals surface area contributed by atoms with E-state index < -0.39 is 47.1 Å². The molecule has 2 N–H and O–H groups in total. The number of likely N-dealkylation sites (tertiary alicyclic amines) is 1. The number of pyridine rings is 2. The summed E-state index contributed by atoms with van der Waals surface area (Å²) in [6.07, 6.45) is -4.51. The second-order valence-corrected chi connectivity index (χ2v) is 10.4. The summed E-state index contributed by atoms with van der Waals surface area (Å²) in [6, 6.07) is 3.83. The van der Waals surface area contributed by atoms with Gasteiger partial charge in [0.05, 0.1) is 23.6 Å². The molecule has 1 amide bonds. The number of nitrogens with zero attached hydrogens (tertiary/aromatic N) is 4. The Morgan fingerprint density at radius 2 is 1.87 bits per heavy atom. The van der Waals surface area contributed by atoms with Crippen molar-refractivity contribution in [2.75, 3.05) is 18.4 Å². The Morgan fingerprint density at radius 1 is 1.16 bits per heavy atom. The maximum Gasteiger partial charge on any atom is 0.421 e. The van der Waals surface area contributed by atoms with Crippen LogP contribution in [-0.4, -0.2) is 67.5 Å². The highest BCUT2D eigenvalue weighted by Crippen LogP contribution is 2.39. The number of rotatable bonds is 4. The number of aliphatic hydroxyl groups is 1. The molecule has 0 radical (unpaired) electrons. The molecule has 3 aromatic rings. The van der Waals surface area contributed by atoms with Gasteiger partial charge in [0.1, 0.15) is 17.4 Å². The smallest absolute Gasteiger partial charge is 0.421 e. The van der Waals surface area contributed by atoms with E-state index in [0.29, 0.717) is 6.92 Å². The Hall–Kier alpha value is -3.48. The SMILES string of the molecule is CC(C)(C)OC(=O)N1CC[C@H](F)[C@@H](Nc2nc(-c3cnc4ccc(C(C)(O)C(F)(F)F)cn34)ccc2F)C1. The number of alkyl halides is 4. The number of piperidine rings is 1. The molecular weight excluding hydrogens is 513 g/mol. The molecule has 13 heteroatoms. The van der Waals surface area contributed by atoms with Crippen LogP contribution < -0.4 is 5.32 Å². The van der Waals surface area contributed by atoms with Crippen LogP contribution in [-0.2, 0) is 10.3 Å². The summed E-state index contributed by atoms with van der Waals surface area (Å²) in [6.45, 7) is 5.81. The number of ether oxygens (including phenoxy) is 1. The normalized spacial score (nSPS) is 20.3. The molecule has 206 valence electrons. The molecule has 1 aliphatic heterocycles. The first-order chi connectivity index (χ1) is 17.6. The molecular formula is C25H28F5N5O3. The molecule has 4 heterocycles. The molecule has 0 spiro atoms. The van der Waals surface area contributed by atoms with Gasteiger partial charge < -0.3 is 20.1 Å². The van der Waals surface area contributed by atoms with E-state index in [-0.39, 0.29) is 42.4 Å². The number of carbonyl (C=O) groups is 1. The zero-order chi connectivity index (χ0) is 28.0. The van der Waals surface area contributed by atoms with Crippen LogP contribution in [0, 0.1) is 5.82 Å². The lowest BCUT2D eigenvalue weighted by atomic mass is 9.97. The van der Waals surface area contributed by atoms with Gasteiger partial charge in [0.2, 0.25) is 0 Å². The fourth-order valence-corrected chi connectivity index (χ4v) is 4.04. The minimum absolute atomic E-state index is 0.00733. The maximum atomic E-state index is 14.8. The zero-order valence-electron chi connectivity index (χ0n) is 21.2. The highest BCUT2D eigenvalue weighted by Gasteiger charge is 2.51. The van der Waals surface area contributed by atoms with Crippen molar-refractivity contribution in [1.82, 2.24) is 19.3 Å². The molecule has 1 fully saturated rings. The van der Waals surface area contributed by atoms with Crippen molar-refractivity contribution in [2.45, 2.75) is 63.7 Å². The summed E-state index contributed by atoms with van der Waals surface area (Å²) in [5, 5.41) is 12.8. The zero-order valence-corrected chi connectivity index (χ0v) is 21.2. The van der Waals surface area contributed by atoms with Gasteiger partial charge in [-0.2, -0.15) is 13.2 Å². The lowest BCUT2D eigenvalue weighted by Crippen LogP contribution is -2.52. The average molecular weight is 542 g/mol. The Balaban J connectivity index is 1.62. The van der Waals surface area contributed by atoms with Crippen molar-refractivity contribution in [3.63, 3.8) is 0 Å². The van der Waals surface area contributed by atoms with Crippen molar-refractivity contribution >= 4 is 17.6 Å². The van der Waals surface area contributed by atoms with Crippen molar-refractivity contribution in [2.24, 2.45) is 0 Å². The summed E-state index contributed by atoms with van der Waals surface area (Å²) in [5.41, 5.74) is -3.66. The Morgan fingerprint density at radius 3 is 2.53 bits per heavy atom. The molecule has 38 heavy (non-hydrogen) atoms. The van der Waals surface area contributed by atoms with E-state index >= 15 is 0 Å². The van der Waals surface area contributed by atoms with E-state index in [1.807, 2.05) is 0 Å². The fraction of sp³-hybridized carbons (Fsp3) is 0.480. The molecule has 8 nitrogen and oxygen atoms in total. The van der Waals surface area contributed by atoms with E-state index in [0.717, 1.165) is 18.3 Å². The Labute approximate surface area is 215 Å². The van der Waals surface area contributed by atoms with E-state index in [1.165, 1.54) is 27.6 Å².